The highest BCUT2D eigenvalue weighted by atomic mass is 16.4. The predicted octanol–water partition coefficient (Wildman–Crippen LogP) is 0.486. The van der Waals surface area contributed by atoms with Gasteiger partial charge >= 0.3 is 5.97 Å². The van der Waals surface area contributed by atoms with Crippen molar-refractivity contribution in [2.75, 3.05) is 5.73 Å². The maximum atomic E-state index is 11.7. The molecule has 6 nitrogen and oxygen atoms in total. The summed E-state index contributed by atoms with van der Waals surface area (Å²) in [7, 11) is 0. The Morgan fingerprint density at radius 2 is 2.00 bits per heavy atom. The van der Waals surface area contributed by atoms with E-state index < -0.39 is 17.9 Å². The van der Waals surface area contributed by atoms with Crippen LogP contribution < -0.4 is 11.1 Å². The van der Waals surface area contributed by atoms with Crippen molar-refractivity contribution in [2.24, 2.45) is 0 Å². The molecule has 0 saturated carbocycles. The van der Waals surface area contributed by atoms with Gasteiger partial charge in [0.05, 0.1) is 11.3 Å². The second kappa shape index (κ2) is 4.73. The number of hydrogen-bond acceptors (Lipinski definition) is 4. The molecule has 0 saturated heterocycles. The molecule has 0 heterocycles. The van der Waals surface area contributed by atoms with E-state index in [9.17, 15) is 14.7 Å². The highest BCUT2D eigenvalue weighted by molar-refractivity contribution is 6.02. The number of nitrogens with one attached hydrogen (secondary N) is 1. The van der Waals surface area contributed by atoms with E-state index in [1.165, 1.54) is 19.1 Å². The van der Waals surface area contributed by atoms with Crippen LogP contribution in [0.1, 0.15) is 22.8 Å². The van der Waals surface area contributed by atoms with Crippen molar-refractivity contribution >= 4 is 17.6 Å². The number of hydrogen-bond donors (Lipinski definition) is 4. The molecule has 0 aromatic heterocycles. The largest absolute Gasteiger partial charge is 0.505 e. The van der Waals surface area contributed by atoms with Gasteiger partial charge in [-0.25, -0.2) is 0 Å². The second-order valence-electron chi connectivity index (χ2n) is 3.73. The Labute approximate surface area is 98.1 Å². The molecule has 0 fully saturated rings. The van der Waals surface area contributed by atoms with Crippen molar-refractivity contribution in [1.82, 2.24) is 5.32 Å². The van der Waals surface area contributed by atoms with E-state index in [0.717, 1.165) is 0 Å². The minimum atomic E-state index is -1.15. The first kappa shape index (κ1) is 12.8. The molecule has 6 heteroatoms. The molecule has 0 spiro atoms. The van der Waals surface area contributed by atoms with Gasteiger partial charge in [0.25, 0.3) is 5.91 Å². The average Bonchev–Trinajstić information content (AvgIpc) is 2.25. The molecular weight excluding hydrogens is 224 g/mol. The number of carboxylic acids is 1. The fourth-order valence-corrected chi connectivity index (χ4v) is 1.25. The SMILES string of the molecule is Cc1ccc(C(=O)N[C@@H](C)C(=O)O)c(N)c1O. The molecule has 0 unspecified atom stereocenters. The van der Waals surface area contributed by atoms with Crippen molar-refractivity contribution in [3.05, 3.63) is 23.3 Å². The smallest absolute Gasteiger partial charge is 0.325 e. The molecule has 0 aliphatic rings. The number of nitrogens with two attached hydrogens (primary N) is 1. The summed E-state index contributed by atoms with van der Waals surface area (Å²) in [5, 5.41) is 20.5. The molecule has 0 aliphatic heterocycles. The molecule has 5 N–H and O–H groups in total. The molecule has 1 amide bonds. The first-order valence-corrected chi connectivity index (χ1v) is 4.96. The number of anilines is 1. The van der Waals surface area contributed by atoms with E-state index in [1.807, 2.05) is 0 Å². The van der Waals surface area contributed by atoms with Crippen LogP contribution in [-0.2, 0) is 4.79 Å². The Balaban J connectivity index is 2.98. The lowest BCUT2D eigenvalue weighted by molar-refractivity contribution is -0.138. The standard InChI is InChI=1S/C11H14N2O4/c1-5-3-4-7(8(12)9(5)14)10(15)13-6(2)11(16)17/h3-4,6,14H,12H2,1-2H3,(H,13,15)(H,16,17)/t6-/m0/s1. The zero-order valence-electron chi connectivity index (χ0n) is 9.52. The van der Waals surface area contributed by atoms with Crippen LogP contribution in [0.4, 0.5) is 5.69 Å². The molecule has 92 valence electrons. The molecule has 0 bridgehead atoms. The van der Waals surface area contributed by atoms with Crippen molar-refractivity contribution in [3.8, 4) is 5.75 Å². The zero-order valence-corrected chi connectivity index (χ0v) is 9.52. The third-order valence-corrected chi connectivity index (χ3v) is 2.38. The molecule has 1 aromatic carbocycles. The van der Waals surface area contributed by atoms with Gasteiger partial charge < -0.3 is 21.3 Å². The second-order valence-corrected chi connectivity index (χ2v) is 3.73. The van der Waals surface area contributed by atoms with E-state index in [4.69, 9.17) is 10.8 Å². The zero-order chi connectivity index (χ0) is 13.2. The maximum Gasteiger partial charge on any atom is 0.325 e. The number of phenolic OH excluding ortho intramolecular Hbond substituents is 1. The quantitative estimate of drug-likeness (QED) is 0.452. The summed E-state index contributed by atoms with van der Waals surface area (Å²) in [5.41, 5.74) is 6.13. The van der Waals surface area contributed by atoms with Crippen LogP contribution in [0.2, 0.25) is 0 Å². The lowest BCUT2D eigenvalue weighted by Crippen LogP contribution is -2.38. The van der Waals surface area contributed by atoms with Crippen molar-refractivity contribution in [3.63, 3.8) is 0 Å². The number of aromatic hydroxyl groups is 1. The van der Waals surface area contributed by atoms with E-state index in [0.29, 0.717) is 5.56 Å². The summed E-state index contributed by atoms with van der Waals surface area (Å²) >= 11 is 0. The third kappa shape index (κ3) is 2.66. The summed E-state index contributed by atoms with van der Waals surface area (Å²) in [6.07, 6.45) is 0. The number of carbonyl (C=O) groups is 2. The van der Waals surface area contributed by atoms with Gasteiger partial charge in [0.2, 0.25) is 0 Å². The van der Waals surface area contributed by atoms with Crippen molar-refractivity contribution < 1.29 is 19.8 Å². The Morgan fingerprint density at radius 3 is 2.53 bits per heavy atom. The molecule has 0 radical (unpaired) electrons. The Morgan fingerprint density at radius 1 is 1.41 bits per heavy atom. The van der Waals surface area contributed by atoms with Crippen molar-refractivity contribution in [1.29, 1.82) is 0 Å². The van der Waals surface area contributed by atoms with Gasteiger partial charge in [0, 0.05) is 0 Å². The van der Waals surface area contributed by atoms with Crippen LogP contribution in [0.5, 0.6) is 5.75 Å². The van der Waals surface area contributed by atoms with E-state index in [-0.39, 0.29) is 17.0 Å². The lowest BCUT2D eigenvalue weighted by Gasteiger charge is -2.12. The van der Waals surface area contributed by atoms with Crippen LogP contribution in [0.25, 0.3) is 0 Å². The number of aryl methyl sites for hydroxylation is 1. The van der Waals surface area contributed by atoms with Gasteiger partial charge in [-0.15, -0.1) is 0 Å². The summed E-state index contributed by atoms with van der Waals surface area (Å²) in [6, 6.07) is 1.95. The highest BCUT2D eigenvalue weighted by Gasteiger charge is 2.18. The summed E-state index contributed by atoms with van der Waals surface area (Å²) in [4.78, 5) is 22.3. The van der Waals surface area contributed by atoms with Crippen LogP contribution >= 0.6 is 0 Å². The van der Waals surface area contributed by atoms with E-state index >= 15 is 0 Å². The molecular formula is C11H14N2O4. The first-order valence-electron chi connectivity index (χ1n) is 4.96. The topological polar surface area (TPSA) is 113 Å². The number of carbonyl (C=O) groups excluding carboxylic acids is 1. The Hall–Kier alpha value is -2.24. The fourth-order valence-electron chi connectivity index (χ4n) is 1.25. The molecule has 0 aliphatic carbocycles. The first-order chi connectivity index (χ1) is 7.84. The normalized spacial score (nSPS) is 11.9. The number of nitrogen functional groups attached to an aromatic ring is 1. The van der Waals surface area contributed by atoms with Gasteiger partial charge in [-0.3, -0.25) is 9.59 Å². The summed E-state index contributed by atoms with van der Waals surface area (Å²) in [6.45, 7) is 2.98. The minimum absolute atomic E-state index is 0.0555. The molecule has 17 heavy (non-hydrogen) atoms. The van der Waals surface area contributed by atoms with Crippen molar-refractivity contribution in [2.45, 2.75) is 19.9 Å². The number of phenols is 1. The molecule has 1 aromatic rings. The fraction of sp³-hybridized carbons (Fsp3) is 0.273. The van der Waals surface area contributed by atoms with Crippen LogP contribution in [0, 0.1) is 6.92 Å². The third-order valence-electron chi connectivity index (χ3n) is 2.38. The number of amides is 1. The molecule has 1 rings (SSSR count). The Bertz CT molecular complexity index is 471. The number of carboxylic acid groups (broad SMARTS) is 1. The number of rotatable bonds is 3. The van der Waals surface area contributed by atoms with Gasteiger partial charge in [-0.2, -0.15) is 0 Å². The number of benzene rings is 1. The van der Waals surface area contributed by atoms with Gasteiger partial charge in [-0.1, -0.05) is 6.07 Å². The monoisotopic (exact) mass is 238 g/mol. The number of aliphatic carboxylic acids is 1. The minimum Gasteiger partial charge on any atom is -0.505 e. The molecule has 1 atom stereocenters. The van der Waals surface area contributed by atoms with E-state index in [1.54, 1.807) is 6.92 Å². The lowest BCUT2D eigenvalue weighted by atomic mass is 10.1. The average molecular weight is 238 g/mol. The van der Waals surface area contributed by atoms with Crippen LogP contribution in [0.3, 0.4) is 0 Å². The summed E-state index contributed by atoms with van der Waals surface area (Å²) in [5.74, 6) is -1.94. The maximum absolute atomic E-state index is 11.7. The van der Waals surface area contributed by atoms with Gasteiger partial charge in [-0.05, 0) is 25.5 Å². The van der Waals surface area contributed by atoms with Gasteiger partial charge in [0.15, 0.2) is 0 Å². The summed E-state index contributed by atoms with van der Waals surface area (Å²) < 4.78 is 0. The van der Waals surface area contributed by atoms with E-state index in [2.05, 4.69) is 5.32 Å². The predicted molar refractivity (Wildman–Crippen MR) is 61.8 cm³/mol. The van der Waals surface area contributed by atoms with Gasteiger partial charge in [0.1, 0.15) is 11.8 Å². The highest BCUT2D eigenvalue weighted by Crippen LogP contribution is 2.27. The Kier molecular flexibility index (Phi) is 3.57. The van der Waals surface area contributed by atoms with Crippen LogP contribution in [0.15, 0.2) is 12.1 Å². The van der Waals surface area contributed by atoms with Crippen LogP contribution in [-0.4, -0.2) is 28.1 Å².